The molecule has 1 aromatic heterocycles. The predicted molar refractivity (Wildman–Crippen MR) is 82.6 cm³/mol. The maximum absolute atomic E-state index is 5.68. The van der Waals surface area contributed by atoms with Gasteiger partial charge in [-0.3, -0.25) is 0 Å². The van der Waals surface area contributed by atoms with E-state index in [9.17, 15) is 0 Å². The molecule has 0 aliphatic heterocycles. The highest BCUT2D eigenvalue weighted by Gasteiger charge is 2.04. The Morgan fingerprint density at radius 2 is 1.86 bits per heavy atom. The zero-order chi connectivity index (χ0) is 15.1. The number of nitrogens with one attached hydrogen (secondary N) is 1. The van der Waals surface area contributed by atoms with Crippen LogP contribution < -0.4 is 14.8 Å². The van der Waals surface area contributed by atoms with E-state index in [4.69, 9.17) is 13.9 Å². The molecule has 2 rings (SSSR count). The Balaban J connectivity index is 1.79. The van der Waals surface area contributed by atoms with Crippen molar-refractivity contribution in [2.24, 2.45) is 5.92 Å². The van der Waals surface area contributed by atoms with E-state index in [1.165, 1.54) is 0 Å². The lowest BCUT2D eigenvalue weighted by molar-refractivity contribution is 0.270. The molecule has 0 aliphatic carbocycles. The topological polar surface area (TPSA) is 43.6 Å². The lowest BCUT2D eigenvalue weighted by Gasteiger charge is -2.05. The molecule has 0 bridgehead atoms. The summed E-state index contributed by atoms with van der Waals surface area (Å²) < 4.78 is 16.3. The van der Waals surface area contributed by atoms with Crippen LogP contribution in [0.25, 0.3) is 0 Å². The predicted octanol–water partition coefficient (Wildman–Crippen LogP) is 3.61. The summed E-state index contributed by atoms with van der Waals surface area (Å²) in [5.41, 5.74) is 1.14. The van der Waals surface area contributed by atoms with Gasteiger partial charge in [-0.15, -0.1) is 0 Å². The molecule has 0 aliphatic rings. The minimum absolute atomic E-state index is 0.427. The Kier molecular flexibility index (Phi) is 5.69. The summed E-state index contributed by atoms with van der Waals surface area (Å²) in [6.45, 7) is 6.64. The van der Waals surface area contributed by atoms with E-state index in [1.54, 1.807) is 13.4 Å². The first-order chi connectivity index (χ1) is 10.2. The molecule has 0 unspecified atom stereocenters. The first kappa shape index (κ1) is 15.4. The largest absolute Gasteiger partial charge is 0.497 e. The van der Waals surface area contributed by atoms with Gasteiger partial charge in [0.1, 0.15) is 23.9 Å². The summed E-state index contributed by atoms with van der Waals surface area (Å²) in [7, 11) is 1.65. The van der Waals surface area contributed by atoms with Crippen LogP contribution >= 0.6 is 0 Å². The quantitative estimate of drug-likeness (QED) is 0.806. The minimum Gasteiger partial charge on any atom is -0.497 e. The van der Waals surface area contributed by atoms with Gasteiger partial charge in [-0.1, -0.05) is 13.8 Å². The molecule has 2 aromatic rings. The fourth-order valence-electron chi connectivity index (χ4n) is 1.93. The van der Waals surface area contributed by atoms with Gasteiger partial charge in [0.05, 0.1) is 13.4 Å². The summed E-state index contributed by atoms with van der Waals surface area (Å²) in [6.07, 6.45) is 1.78. The van der Waals surface area contributed by atoms with Gasteiger partial charge in [0.15, 0.2) is 0 Å². The fourth-order valence-corrected chi connectivity index (χ4v) is 1.93. The van der Waals surface area contributed by atoms with Crippen molar-refractivity contribution in [2.45, 2.75) is 27.0 Å². The molecule has 4 heteroatoms. The van der Waals surface area contributed by atoms with Crippen molar-refractivity contribution in [3.05, 3.63) is 47.9 Å². The second-order valence-electron chi connectivity index (χ2n) is 5.41. The lowest BCUT2D eigenvalue weighted by atomic mass is 10.2. The number of furan rings is 1. The molecule has 0 radical (unpaired) electrons. The maximum Gasteiger partial charge on any atom is 0.146 e. The van der Waals surface area contributed by atoms with Gasteiger partial charge in [-0.25, -0.2) is 0 Å². The highest BCUT2D eigenvalue weighted by Crippen LogP contribution is 2.18. The van der Waals surface area contributed by atoms with Crippen LogP contribution in [0.1, 0.15) is 25.2 Å². The van der Waals surface area contributed by atoms with E-state index in [-0.39, 0.29) is 0 Å². The van der Waals surface area contributed by atoms with Crippen LogP contribution in [-0.2, 0) is 13.2 Å². The molecule has 0 spiro atoms. The van der Waals surface area contributed by atoms with Crippen molar-refractivity contribution in [3.63, 3.8) is 0 Å². The third kappa shape index (κ3) is 5.16. The van der Waals surface area contributed by atoms with Gasteiger partial charge in [-0.2, -0.15) is 0 Å². The Morgan fingerprint density at radius 1 is 1.14 bits per heavy atom. The molecule has 21 heavy (non-hydrogen) atoms. The molecule has 0 fully saturated rings. The minimum atomic E-state index is 0.427. The third-order valence-electron chi connectivity index (χ3n) is 3.03. The molecule has 114 valence electrons. The summed E-state index contributed by atoms with van der Waals surface area (Å²) in [5, 5.41) is 3.39. The first-order valence-corrected chi connectivity index (χ1v) is 7.21. The van der Waals surface area contributed by atoms with Gasteiger partial charge in [-0.05, 0) is 42.8 Å². The van der Waals surface area contributed by atoms with E-state index in [0.717, 1.165) is 35.9 Å². The van der Waals surface area contributed by atoms with Gasteiger partial charge in [0.25, 0.3) is 0 Å². The SMILES string of the molecule is COc1ccc(OCc2cc(CNCC(C)C)co2)cc1. The Morgan fingerprint density at radius 3 is 2.52 bits per heavy atom. The monoisotopic (exact) mass is 289 g/mol. The van der Waals surface area contributed by atoms with Gasteiger partial charge in [0.2, 0.25) is 0 Å². The van der Waals surface area contributed by atoms with Crippen molar-refractivity contribution in [3.8, 4) is 11.5 Å². The fraction of sp³-hybridized carbons (Fsp3) is 0.412. The van der Waals surface area contributed by atoms with Crippen LogP contribution in [0.4, 0.5) is 0 Å². The Hall–Kier alpha value is -1.94. The smallest absolute Gasteiger partial charge is 0.146 e. The van der Waals surface area contributed by atoms with Crippen molar-refractivity contribution in [1.82, 2.24) is 5.32 Å². The van der Waals surface area contributed by atoms with Crippen LogP contribution in [0.2, 0.25) is 0 Å². The molecular weight excluding hydrogens is 266 g/mol. The lowest BCUT2D eigenvalue weighted by Crippen LogP contribution is -2.18. The van der Waals surface area contributed by atoms with E-state index in [1.807, 2.05) is 30.3 Å². The molecule has 1 aromatic carbocycles. The second kappa shape index (κ2) is 7.74. The van der Waals surface area contributed by atoms with Gasteiger partial charge >= 0.3 is 0 Å². The first-order valence-electron chi connectivity index (χ1n) is 7.21. The molecule has 0 atom stereocenters. The molecule has 0 saturated heterocycles. The van der Waals surface area contributed by atoms with E-state index in [0.29, 0.717) is 12.5 Å². The molecule has 1 N–H and O–H groups in total. The molecule has 0 amide bonds. The number of ether oxygens (including phenoxy) is 2. The van der Waals surface area contributed by atoms with Crippen molar-refractivity contribution in [2.75, 3.05) is 13.7 Å². The summed E-state index contributed by atoms with van der Waals surface area (Å²) in [4.78, 5) is 0. The van der Waals surface area contributed by atoms with Gasteiger partial charge in [0, 0.05) is 12.1 Å². The summed E-state index contributed by atoms with van der Waals surface area (Å²) in [5.74, 6) is 3.09. The third-order valence-corrected chi connectivity index (χ3v) is 3.03. The number of hydrogen-bond acceptors (Lipinski definition) is 4. The van der Waals surface area contributed by atoms with E-state index in [2.05, 4.69) is 19.2 Å². The standard InChI is InChI=1S/C17H23NO3/c1-13(2)9-18-10-14-8-17(20-11-14)12-21-16-6-4-15(19-3)5-7-16/h4-8,11,13,18H,9-10,12H2,1-3H3. The van der Waals surface area contributed by atoms with Gasteiger partial charge < -0.3 is 19.2 Å². The zero-order valence-corrected chi connectivity index (χ0v) is 12.9. The zero-order valence-electron chi connectivity index (χ0n) is 12.9. The average molecular weight is 289 g/mol. The maximum atomic E-state index is 5.68. The molecule has 4 nitrogen and oxygen atoms in total. The molecular formula is C17H23NO3. The van der Waals surface area contributed by atoms with E-state index < -0.39 is 0 Å². The van der Waals surface area contributed by atoms with Crippen LogP contribution in [0.15, 0.2) is 41.0 Å². The van der Waals surface area contributed by atoms with Crippen molar-refractivity contribution >= 4 is 0 Å². The molecule has 0 saturated carbocycles. The van der Waals surface area contributed by atoms with Crippen LogP contribution in [0.3, 0.4) is 0 Å². The van der Waals surface area contributed by atoms with Crippen LogP contribution in [0, 0.1) is 5.92 Å². The summed E-state index contributed by atoms with van der Waals surface area (Å²) in [6, 6.07) is 9.54. The highest BCUT2D eigenvalue weighted by molar-refractivity contribution is 5.31. The second-order valence-corrected chi connectivity index (χ2v) is 5.41. The van der Waals surface area contributed by atoms with Crippen molar-refractivity contribution < 1.29 is 13.9 Å². The molecule has 1 heterocycles. The highest BCUT2D eigenvalue weighted by atomic mass is 16.5. The number of methoxy groups -OCH3 is 1. The normalized spacial score (nSPS) is 10.9. The number of benzene rings is 1. The Bertz CT molecular complexity index is 531. The van der Waals surface area contributed by atoms with E-state index >= 15 is 0 Å². The van der Waals surface area contributed by atoms with Crippen LogP contribution in [-0.4, -0.2) is 13.7 Å². The number of rotatable bonds is 8. The van der Waals surface area contributed by atoms with Crippen LogP contribution in [0.5, 0.6) is 11.5 Å². The summed E-state index contributed by atoms with van der Waals surface area (Å²) >= 11 is 0. The average Bonchev–Trinajstić information content (AvgIpc) is 2.93. The number of hydrogen-bond donors (Lipinski definition) is 1. The van der Waals surface area contributed by atoms with Crippen molar-refractivity contribution in [1.29, 1.82) is 0 Å². The Labute approximate surface area is 126 Å².